The molecule has 0 aliphatic carbocycles. The Morgan fingerprint density at radius 2 is 1.94 bits per heavy atom. The van der Waals surface area contributed by atoms with E-state index >= 15 is 0 Å². The van der Waals surface area contributed by atoms with Gasteiger partial charge in [0.2, 0.25) is 0 Å². The van der Waals surface area contributed by atoms with Crippen molar-refractivity contribution in [3.63, 3.8) is 0 Å². The first-order chi connectivity index (χ1) is 15.0. The molecule has 2 aliphatic heterocycles. The first kappa shape index (κ1) is 23.1. The molecule has 0 saturated carbocycles. The van der Waals surface area contributed by atoms with E-state index in [-0.39, 0.29) is 17.2 Å². The van der Waals surface area contributed by atoms with Gasteiger partial charge in [0.25, 0.3) is 5.91 Å². The predicted octanol–water partition coefficient (Wildman–Crippen LogP) is 5.41. The molecule has 1 amide bonds. The molecule has 1 unspecified atom stereocenters. The summed E-state index contributed by atoms with van der Waals surface area (Å²) in [7, 11) is 2.00. The molecular weight excluding hydrogens is 463 g/mol. The fourth-order valence-electron chi connectivity index (χ4n) is 4.15. The number of nitrogens with zero attached hydrogens (tertiary/aromatic N) is 1. The lowest BCUT2D eigenvalue weighted by atomic mass is 9.87. The number of carbonyl (C=O) groups excluding carboxylic acids is 1. The number of aryl methyl sites for hydroxylation is 1. The van der Waals surface area contributed by atoms with Crippen molar-refractivity contribution in [2.75, 3.05) is 25.5 Å². The number of carbonyl (C=O) groups is 1. The summed E-state index contributed by atoms with van der Waals surface area (Å²) in [5, 5.41) is 16.4. The van der Waals surface area contributed by atoms with Crippen molar-refractivity contribution in [3.05, 3.63) is 51.5 Å². The van der Waals surface area contributed by atoms with Crippen LogP contribution in [0.5, 0.6) is 5.75 Å². The number of halogens is 4. The lowest BCUT2D eigenvalue weighted by Crippen LogP contribution is -2.36. The van der Waals surface area contributed by atoms with Crippen molar-refractivity contribution in [1.29, 1.82) is 0 Å². The molecule has 2 aliphatic rings. The van der Waals surface area contributed by atoms with Crippen LogP contribution in [0, 0.1) is 6.92 Å². The summed E-state index contributed by atoms with van der Waals surface area (Å²) in [5.41, 5.74) is 0.374. The number of piperidine rings is 1. The van der Waals surface area contributed by atoms with Gasteiger partial charge in [0.15, 0.2) is 5.50 Å². The van der Waals surface area contributed by atoms with Gasteiger partial charge in [0, 0.05) is 9.92 Å². The number of alkyl halides is 3. The number of phenolic OH excluding ortho intramolecular Hbond substituents is 1. The van der Waals surface area contributed by atoms with Crippen LogP contribution in [-0.4, -0.2) is 41.5 Å². The van der Waals surface area contributed by atoms with E-state index in [1.54, 1.807) is 13.0 Å². The van der Waals surface area contributed by atoms with Crippen molar-refractivity contribution in [2.45, 2.75) is 42.3 Å². The summed E-state index contributed by atoms with van der Waals surface area (Å²) in [6, 6.07) is 5.26. The van der Waals surface area contributed by atoms with E-state index in [2.05, 4.69) is 15.5 Å². The Kier molecular flexibility index (Phi) is 6.26. The van der Waals surface area contributed by atoms with Crippen LogP contribution >= 0.6 is 23.4 Å². The van der Waals surface area contributed by atoms with Crippen LogP contribution in [0.2, 0.25) is 5.02 Å². The van der Waals surface area contributed by atoms with Gasteiger partial charge in [-0.15, -0.1) is 0 Å². The minimum Gasteiger partial charge on any atom is -0.507 e. The third-order valence-electron chi connectivity index (χ3n) is 5.91. The monoisotopic (exact) mass is 485 g/mol. The first-order valence-corrected chi connectivity index (χ1v) is 11.5. The Labute approximate surface area is 193 Å². The van der Waals surface area contributed by atoms with Gasteiger partial charge in [0.1, 0.15) is 5.75 Å². The highest BCUT2D eigenvalue weighted by molar-refractivity contribution is 8.00. The number of nitrogens with one attached hydrogen (secondary N) is 2. The largest absolute Gasteiger partial charge is 0.507 e. The summed E-state index contributed by atoms with van der Waals surface area (Å²) >= 11 is 7.13. The fraction of sp³-hybridized carbons (Fsp3) is 0.409. The van der Waals surface area contributed by atoms with Gasteiger partial charge in [-0.1, -0.05) is 23.4 Å². The predicted molar refractivity (Wildman–Crippen MR) is 120 cm³/mol. The zero-order valence-electron chi connectivity index (χ0n) is 17.5. The molecule has 2 heterocycles. The summed E-state index contributed by atoms with van der Waals surface area (Å²) in [4.78, 5) is 15.4. The molecule has 172 valence electrons. The molecule has 32 heavy (non-hydrogen) atoms. The number of aromatic hydroxyl groups is 1. The van der Waals surface area contributed by atoms with E-state index in [9.17, 15) is 23.1 Å². The zero-order chi connectivity index (χ0) is 23.2. The normalized spacial score (nSPS) is 19.5. The zero-order valence-corrected chi connectivity index (χ0v) is 19.1. The lowest BCUT2D eigenvalue weighted by molar-refractivity contribution is -0.137. The van der Waals surface area contributed by atoms with Gasteiger partial charge >= 0.3 is 6.18 Å². The number of thioether (sulfide) groups is 1. The molecule has 0 aromatic heterocycles. The van der Waals surface area contributed by atoms with Gasteiger partial charge in [-0.05, 0) is 81.2 Å². The minimum atomic E-state index is -4.46. The molecule has 1 atom stereocenters. The van der Waals surface area contributed by atoms with Crippen LogP contribution in [0.4, 0.5) is 18.9 Å². The number of hydrogen-bond donors (Lipinski definition) is 3. The Bertz CT molecular complexity index is 1060. The number of rotatable bonds is 3. The maximum absolute atomic E-state index is 13.6. The molecule has 10 heteroatoms. The Balaban J connectivity index is 1.61. The molecule has 4 rings (SSSR count). The number of anilines is 1. The number of fused-ring (bicyclic) bond motifs is 1. The van der Waals surface area contributed by atoms with Gasteiger partial charge in [-0.25, -0.2) is 0 Å². The number of amides is 1. The third-order valence-corrected chi connectivity index (χ3v) is 7.18. The summed E-state index contributed by atoms with van der Waals surface area (Å²) in [5.74, 6) is -0.744. The van der Waals surface area contributed by atoms with Gasteiger partial charge in [0.05, 0.1) is 16.8 Å². The van der Waals surface area contributed by atoms with Crippen LogP contribution in [0.3, 0.4) is 0 Å². The quantitative estimate of drug-likeness (QED) is 0.542. The molecule has 0 radical (unpaired) electrons. The van der Waals surface area contributed by atoms with Gasteiger partial charge in [-0.2, -0.15) is 13.2 Å². The van der Waals surface area contributed by atoms with Crippen LogP contribution < -0.4 is 10.6 Å². The topological polar surface area (TPSA) is 64.6 Å². The average Bonchev–Trinajstić information content (AvgIpc) is 3.12. The maximum Gasteiger partial charge on any atom is 0.416 e. The molecule has 1 fully saturated rings. The van der Waals surface area contributed by atoms with Gasteiger partial charge < -0.3 is 20.6 Å². The Hall–Kier alpha value is -2.10. The SMILES string of the molecule is Cc1cc(Cl)cc(C(=O)NC2Nc3c(cc(C(F)(F)F)cc3C3CCN(C)CC3)S2)c1O. The van der Waals surface area contributed by atoms with E-state index < -0.39 is 23.1 Å². The third kappa shape index (κ3) is 4.65. The summed E-state index contributed by atoms with van der Waals surface area (Å²) in [6.07, 6.45) is -2.92. The van der Waals surface area contributed by atoms with Crippen molar-refractivity contribution in [1.82, 2.24) is 10.2 Å². The second-order valence-corrected chi connectivity index (χ2v) is 9.83. The smallest absolute Gasteiger partial charge is 0.416 e. The molecule has 1 saturated heterocycles. The van der Waals surface area contributed by atoms with Crippen molar-refractivity contribution in [2.24, 2.45) is 0 Å². The summed E-state index contributed by atoms with van der Waals surface area (Å²) in [6.45, 7) is 3.26. The molecule has 0 bridgehead atoms. The average molecular weight is 486 g/mol. The standard InChI is InChI=1S/C22H23ClF3N3O2S/c1-11-7-14(23)10-16(19(11)30)20(31)28-21-27-18-15(12-3-5-29(2)6-4-12)8-13(22(24,25)26)9-17(18)32-21/h7-10,12,21,27,30H,3-6H2,1-2H3,(H,28,31). The molecular formula is C22H23ClF3N3O2S. The van der Waals surface area contributed by atoms with E-state index in [0.717, 1.165) is 43.8 Å². The maximum atomic E-state index is 13.6. The van der Waals surface area contributed by atoms with Crippen LogP contribution in [0.15, 0.2) is 29.2 Å². The molecule has 0 spiro atoms. The summed E-state index contributed by atoms with van der Waals surface area (Å²) < 4.78 is 40.7. The van der Waals surface area contributed by atoms with Crippen LogP contribution in [-0.2, 0) is 6.18 Å². The highest BCUT2D eigenvalue weighted by Crippen LogP contribution is 2.47. The number of likely N-dealkylation sites (tertiary alicyclic amines) is 1. The van der Waals surface area contributed by atoms with Crippen molar-refractivity contribution >= 4 is 35.0 Å². The number of benzene rings is 2. The Morgan fingerprint density at radius 3 is 2.59 bits per heavy atom. The van der Waals surface area contributed by atoms with E-state index in [0.29, 0.717) is 26.7 Å². The number of hydrogen-bond acceptors (Lipinski definition) is 5. The Morgan fingerprint density at radius 1 is 1.25 bits per heavy atom. The highest BCUT2D eigenvalue weighted by atomic mass is 35.5. The first-order valence-electron chi connectivity index (χ1n) is 10.2. The molecule has 3 N–H and O–H groups in total. The van der Waals surface area contributed by atoms with Gasteiger partial charge in [-0.3, -0.25) is 4.79 Å². The number of phenols is 1. The fourth-order valence-corrected chi connectivity index (χ4v) is 5.51. The molecule has 2 aromatic carbocycles. The van der Waals surface area contributed by atoms with E-state index in [1.165, 1.54) is 12.1 Å². The van der Waals surface area contributed by atoms with Crippen LogP contribution in [0.25, 0.3) is 0 Å². The van der Waals surface area contributed by atoms with Crippen LogP contribution in [0.1, 0.15) is 45.8 Å². The lowest BCUT2D eigenvalue weighted by Gasteiger charge is -2.30. The molecule has 2 aromatic rings. The highest BCUT2D eigenvalue weighted by Gasteiger charge is 2.37. The second-order valence-electron chi connectivity index (χ2n) is 8.25. The van der Waals surface area contributed by atoms with Crippen molar-refractivity contribution < 1.29 is 23.1 Å². The van der Waals surface area contributed by atoms with E-state index in [1.807, 2.05) is 7.05 Å². The minimum absolute atomic E-state index is 0.00410. The second kappa shape index (κ2) is 8.68. The molecule has 5 nitrogen and oxygen atoms in total. The van der Waals surface area contributed by atoms with Crippen molar-refractivity contribution in [3.8, 4) is 5.75 Å². The van der Waals surface area contributed by atoms with E-state index in [4.69, 9.17) is 11.6 Å².